The summed E-state index contributed by atoms with van der Waals surface area (Å²) in [5, 5.41) is 9.93. The van der Waals surface area contributed by atoms with E-state index in [1.807, 2.05) is 26.8 Å². The molecule has 0 aliphatic heterocycles. The van der Waals surface area contributed by atoms with Gasteiger partial charge in [-0.05, 0) is 97.9 Å². The molecule has 0 spiro atoms. The molecule has 0 amide bonds. The number of esters is 1. The van der Waals surface area contributed by atoms with Crippen LogP contribution >= 0.6 is 0 Å². The first-order valence-corrected chi connectivity index (χ1v) is 14.3. The number of nitriles is 1. The second-order valence-electron chi connectivity index (χ2n) is 15.2. The van der Waals surface area contributed by atoms with Crippen LogP contribution in [0.2, 0.25) is 0 Å². The van der Waals surface area contributed by atoms with Gasteiger partial charge in [-0.25, -0.2) is 0 Å². The first-order valence-electron chi connectivity index (χ1n) is 14.3. The second kappa shape index (κ2) is 7.80. The maximum atomic E-state index is 14.4. The Kier molecular flexibility index (Phi) is 5.61. The first-order chi connectivity index (χ1) is 17.0. The van der Waals surface area contributed by atoms with E-state index >= 15 is 0 Å². The van der Waals surface area contributed by atoms with Crippen molar-refractivity contribution in [3.8, 4) is 6.07 Å². The molecule has 4 fully saturated rings. The molecule has 0 saturated heterocycles. The Balaban J connectivity index is 1.63. The molecule has 4 saturated carbocycles. The van der Waals surface area contributed by atoms with Gasteiger partial charge in [-0.15, -0.1) is 0 Å². The Labute approximate surface area is 222 Å². The molecule has 0 aromatic carbocycles. The molecule has 5 aliphatic carbocycles. The van der Waals surface area contributed by atoms with Gasteiger partial charge in [-0.1, -0.05) is 47.1 Å². The van der Waals surface area contributed by atoms with Crippen LogP contribution < -0.4 is 0 Å². The number of allylic oxidation sites excluding steroid dienone is 2. The van der Waals surface area contributed by atoms with Crippen molar-refractivity contribution < 1.29 is 19.1 Å². The van der Waals surface area contributed by atoms with Gasteiger partial charge in [0.15, 0.2) is 11.6 Å². The standard InChI is InChI=1S/C32H45NO4/c1-27(2)23-9-10-32(7)24(30(23,5)16-19(18-33)25(27)35)22(34)15-20-21-17-29(4,26(36)37-8)12-11-28(21,3)13-14-31(20,32)6/h15,19,21,23-24H,9-14,16-17H2,1-8H3/t19?,21-,23?,24+,28+,29?,30-,31+,32+/m0/s1. The predicted octanol–water partition coefficient (Wildman–Crippen LogP) is 6.46. The summed E-state index contributed by atoms with van der Waals surface area (Å²) < 4.78 is 5.24. The minimum absolute atomic E-state index is 0.0458. The van der Waals surface area contributed by atoms with Crippen LogP contribution in [-0.2, 0) is 19.1 Å². The molecule has 5 nitrogen and oxygen atoms in total. The lowest BCUT2D eigenvalue weighted by Crippen LogP contribution is -2.67. The van der Waals surface area contributed by atoms with Gasteiger partial charge in [0.1, 0.15) is 5.92 Å². The third-order valence-corrected chi connectivity index (χ3v) is 13.1. The molecule has 0 aromatic rings. The van der Waals surface area contributed by atoms with E-state index in [0.29, 0.717) is 6.42 Å². The molecule has 0 heterocycles. The number of hydrogen-bond acceptors (Lipinski definition) is 5. The number of methoxy groups -OCH3 is 1. The topological polar surface area (TPSA) is 84.2 Å². The quantitative estimate of drug-likeness (QED) is 0.380. The highest BCUT2D eigenvalue weighted by Crippen LogP contribution is 2.75. The van der Waals surface area contributed by atoms with E-state index in [0.717, 1.165) is 44.9 Å². The highest BCUT2D eigenvalue weighted by molar-refractivity contribution is 5.97. The average molecular weight is 508 g/mol. The van der Waals surface area contributed by atoms with Crippen LogP contribution in [0.25, 0.3) is 0 Å². The maximum Gasteiger partial charge on any atom is 0.311 e. The van der Waals surface area contributed by atoms with Crippen molar-refractivity contribution in [2.45, 2.75) is 99.8 Å². The fraction of sp³-hybridized carbons (Fsp3) is 0.812. The molecular formula is C32H45NO4. The van der Waals surface area contributed by atoms with Crippen molar-refractivity contribution in [3.05, 3.63) is 11.6 Å². The lowest BCUT2D eigenvalue weighted by Gasteiger charge is -2.70. The van der Waals surface area contributed by atoms with E-state index in [4.69, 9.17) is 4.74 Å². The Morgan fingerprint density at radius 1 is 0.973 bits per heavy atom. The highest BCUT2D eigenvalue weighted by atomic mass is 16.5. The fourth-order valence-corrected chi connectivity index (χ4v) is 10.7. The van der Waals surface area contributed by atoms with Crippen molar-refractivity contribution in [2.24, 2.45) is 56.2 Å². The minimum Gasteiger partial charge on any atom is -0.469 e. The molecule has 5 heteroatoms. The van der Waals surface area contributed by atoms with E-state index in [-0.39, 0.29) is 51.5 Å². The predicted molar refractivity (Wildman–Crippen MR) is 141 cm³/mol. The molecule has 202 valence electrons. The smallest absolute Gasteiger partial charge is 0.311 e. The van der Waals surface area contributed by atoms with Crippen LogP contribution in [0, 0.1) is 67.5 Å². The SMILES string of the molecule is COC(=O)C1(C)CC[C@]2(C)CC[C@]3(C)C(=CC(=O)[C@@H]4[C@@]5(C)CC(C#N)C(=O)C(C)(C)C5CC[C@]43C)[C@@H]2C1. The van der Waals surface area contributed by atoms with Gasteiger partial charge in [0.25, 0.3) is 0 Å². The summed E-state index contributed by atoms with van der Waals surface area (Å²) in [7, 11) is 1.48. The number of hydrogen-bond donors (Lipinski definition) is 0. The molecule has 0 N–H and O–H groups in total. The molecule has 3 unspecified atom stereocenters. The largest absolute Gasteiger partial charge is 0.469 e. The Bertz CT molecular complexity index is 1150. The number of carbonyl (C=O) groups is 3. The molecule has 9 atom stereocenters. The molecule has 0 aromatic heterocycles. The molecule has 5 aliphatic rings. The number of nitrogens with zero attached hydrogens (tertiary/aromatic N) is 1. The molecule has 5 rings (SSSR count). The monoisotopic (exact) mass is 507 g/mol. The van der Waals surface area contributed by atoms with Gasteiger partial charge in [-0.3, -0.25) is 14.4 Å². The first kappa shape index (κ1) is 26.6. The van der Waals surface area contributed by atoms with Gasteiger partial charge in [0.2, 0.25) is 0 Å². The number of Topliss-reactive ketones (excluding diaryl/α,β-unsaturated/α-hetero) is 1. The zero-order valence-corrected chi connectivity index (χ0v) is 24.1. The summed E-state index contributed by atoms with van der Waals surface area (Å²) >= 11 is 0. The minimum atomic E-state index is -0.654. The lowest BCUT2D eigenvalue weighted by molar-refractivity contribution is -0.191. The fourth-order valence-electron chi connectivity index (χ4n) is 10.7. The Morgan fingerprint density at radius 3 is 2.24 bits per heavy atom. The summed E-state index contributed by atoms with van der Waals surface area (Å²) in [6, 6.07) is 2.30. The van der Waals surface area contributed by atoms with Crippen LogP contribution in [0.3, 0.4) is 0 Å². The number of ether oxygens (including phenoxy) is 1. The number of rotatable bonds is 1. The van der Waals surface area contributed by atoms with E-state index in [1.165, 1.54) is 12.7 Å². The summed E-state index contributed by atoms with van der Waals surface area (Å²) in [6.07, 6.45) is 8.90. The Hall–Kier alpha value is -1.96. The summed E-state index contributed by atoms with van der Waals surface area (Å²) in [5.74, 6) is -0.521. The van der Waals surface area contributed by atoms with Crippen molar-refractivity contribution in [1.29, 1.82) is 5.26 Å². The number of ketones is 2. The lowest BCUT2D eigenvalue weighted by atomic mass is 9.33. The van der Waals surface area contributed by atoms with Gasteiger partial charge in [0, 0.05) is 11.3 Å². The second-order valence-corrected chi connectivity index (χ2v) is 15.2. The molecule has 0 radical (unpaired) electrons. The van der Waals surface area contributed by atoms with E-state index in [1.54, 1.807) is 0 Å². The van der Waals surface area contributed by atoms with Crippen LogP contribution in [-0.4, -0.2) is 24.6 Å². The van der Waals surface area contributed by atoms with Gasteiger partial charge < -0.3 is 4.74 Å². The van der Waals surface area contributed by atoms with Gasteiger partial charge >= 0.3 is 5.97 Å². The number of fused-ring (bicyclic) bond motifs is 7. The highest BCUT2D eigenvalue weighted by Gasteiger charge is 2.71. The zero-order chi connectivity index (χ0) is 27.4. The van der Waals surface area contributed by atoms with Crippen LogP contribution in [0.5, 0.6) is 0 Å². The Morgan fingerprint density at radius 2 is 1.62 bits per heavy atom. The van der Waals surface area contributed by atoms with Crippen LogP contribution in [0.15, 0.2) is 11.6 Å². The van der Waals surface area contributed by atoms with Crippen LogP contribution in [0.4, 0.5) is 0 Å². The van der Waals surface area contributed by atoms with Gasteiger partial charge in [-0.2, -0.15) is 5.26 Å². The number of carbonyl (C=O) groups excluding carboxylic acids is 3. The molecular weight excluding hydrogens is 462 g/mol. The van der Waals surface area contributed by atoms with Crippen molar-refractivity contribution >= 4 is 17.5 Å². The van der Waals surface area contributed by atoms with Crippen molar-refractivity contribution in [1.82, 2.24) is 0 Å². The van der Waals surface area contributed by atoms with E-state index < -0.39 is 22.2 Å². The van der Waals surface area contributed by atoms with Crippen molar-refractivity contribution in [2.75, 3.05) is 7.11 Å². The summed E-state index contributed by atoms with van der Waals surface area (Å²) in [5.41, 5.74) is -0.630. The average Bonchev–Trinajstić information content (AvgIpc) is 2.83. The summed E-state index contributed by atoms with van der Waals surface area (Å²) in [6.45, 7) is 15.3. The maximum absolute atomic E-state index is 14.4. The van der Waals surface area contributed by atoms with Crippen LogP contribution in [0.1, 0.15) is 99.8 Å². The molecule has 37 heavy (non-hydrogen) atoms. The van der Waals surface area contributed by atoms with E-state index in [2.05, 4.69) is 33.8 Å². The van der Waals surface area contributed by atoms with E-state index in [9.17, 15) is 19.6 Å². The summed E-state index contributed by atoms with van der Waals surface area (Å²) in [4.78, 5) is 40.5. The molecule has 0 bridgehead atoms. The van der Waals surface area contributed by atoms with Crippen molar-refractivity contribution in [3.63, 3.8) is 0 Å². The third-order valence-electron chi connectivity index (χ3n) is 13.1. The normalized spacial score (nSPS) is 50.4. The zero-order valence-electron chi connectivity index (χ0n) is 24.1. The third kappa shape index (κ3) is 3.17. The van der Waals surface area contributed by atoms with Gasteiger partial charge in [0.05, 0.1) is 18.6 Å².